The van der Waals surface area contributed by atoms with Crippen molar-refractivity contribution in [3.05, 3.63) is 35.8 Å². The first-order valence-corrected chi connectivity index (χ1v) is 10.7. The fraction of sp³-hybridized carbons (Fsp3) is 0.500. The van der Waals surface area contributed by atoms with Crippen molar-refractivity contribution in [2.24, 2.45) is 10.9 Å². The van der Waals surface area contributed by atoms with Gasteiger partial charge in [0.15, 0.2) is 0 Å². The highest BCUT2D eigenvalue weighted by Crippen LogP contribution is 2.32. The van der Waals surface area contributed by atoms with Crippen LogP contribution in [0.15, 0.2) is 35.2 Å². The van der Waals surface area contributed by atoms with Gasteiger partial charge in [0.25, 0.3) is 0 Å². The maximum atomic E-state index is 11.8. The summed E-state index contributed by atoms with van der Waals surface area (Å²) < 4.78 is 26.9. The molecule has 1 N–H and O–H groups in total. The van der Waals surface area contributed by atoms with E-state index in [1.165, 1.54) is 10.6 Å². The van der Waals surface area contributed by atoms with Crippen molar-refractivity contribution in [1.82, 2.24) is 19.4 Å². The highest BCUT2D eigenvalue weighted by atomic mass is 32.2. The minimum absolute atomic E-state index is 0.0703. The second kappa shape index (κ2) is 7.66. The van der Waals surface area contributed by atoms with Gasteiger partial charge >= 0.3 is 0 Å². The minimum Gasteiger partial charge on any atom is -0.346 e. The van der Waals surface area contributed by atoms with Gasteiger partial charge in [0.1, 0.15) is 5.84 Å². The van der Waals surface area contributed by atoms with E-state index in [1.54, 1.807) is 13.2 Å². The molecule has 1 fully saturated rings. The fourth-order valence-electron chi connectivity index (χ4n) is 3.66. The highest BCUT2D eigenvalue weighted by molar-refractivity contribution is 7.88. The van der Waals surface area contributed by atoms with Crippen LogP contribution >= 0.6 is 0 Å². The normalized spacial score (nSPS) is 24.8. The molecule has 9 heteroatoms. The number of amidine groups is 1. The number of sulfonamides is 1. The topological polar surface area (TPSA) is 103 Å². The Balaban J connectivity index is 1.86. The van der Waals surface area contributed by atoms with Gasteiger partial charge in [-0.25, -0.2) is 12.7 Å². The van der Waals surface area contributed by atoms with E-state index in [2.05, 4.69) is 21.5 Å². The minimum atomic E-state index is -3.21. The second-order valence-corrected chi connectivity index (χ2v) is 8.88. The Morgan fingerprint density at radius 3 is 2.96 bits per heavy atom. The summed E-state index contributed by atoms with van der Waals surface area (Å²) in [6.45, 7) is 2.94. The summed E-state index contributed by atoms with van der Waals surface area (Å²) in [4.78, 5) is 4.23. The summed E-state index contributed by atoms with van der Waals surface area (Å²) in [5, 5.41) is 16.9. The lowest BCUT2D eigenvalue weighted by atomic mass is 9.96. The molecule has 144 valence electrons. The third-order valence-corrected chi connectivity index (χ3v) is 6.50. The van der Waals surface area contributed by atoms with Gasteiger partial charge in [0, 0.05) is 43.7 Å². The van der Waals surface area contributed by atoms with Gasteiger partial charge in [-0.1, -0.05) is 0 Å². The third kappa shape index (κ3) is 3.96. The molecule has 0 spiro atoms. The number of nitrogens with zero attached hydrogens (tertiary/aromatic N) is 5. The molecular weight excluding hydrogens is 364 g/mol. The first-order chi connectivity index (χ1) is 12.8. The first kappa shape index (κ1) is 19.3. The van der Waals surface area contributed by atoms with Crippen molar-refractivity contribution in [2.75, 3.05) is 26.4 Å². The van der Waals surface area contributed by atoms with E-state index in [4.69, 9.17) is 0 Å². The van der Waals surface area contributed by atoms with Gasteiger partial charge in [-0.2, -0.15) is 10.4 Å². The quantitative estimate of drug-likeness (QED) is 0.824. The molecule has 3 rings (SSSR count). The van der Waals surface area contributed by atoms with Gasteiger partial charge in [0.2, 0.25) is 10.0 Å². The average Bonchev–Trinajstić information content (AvgIpc) is 3.38. The van der Waals surface area contributed by atoms with Crippen molar-refractivity contribution < 1.29 is 8.42 Å². The zero-order chi connectivity index (χ0) is 19.6. The van der Waals surface area contributed by atoms with Crippen molar-refractivity contribution in [1.29, 1.82) is 5.26 Å². The largest absolute Gasteiger partial charge is 0.346 e. The molecule has 1 saturated heterocycles. The van der Waals surface area contributed by atoms with Crippen LogP contribution in [0.25, 0.3) is 5.57 Å². The second-order valence-electron chi connectivity index (χ2n) is 6.90. The molecule has 1 aromatic rings. The predicted octanol–water partition coefficient (Wildman–Crippen LogP) is 1.54. The number of hydrogen-bond acceptors (Lipinski definition) is 5. The van der Waals surface area contributed by atoms with Crippen molar-refractivity contribution >= 4 is 21.4 Å². The molecule has 0 saturated carbocycles. The van der Waals surface area contributed by atoms with E-state index < -0.39 is 10.0 Å². The van der Waals surface area contributed by atoms with Crippen LogP contribution in [-0.2, 0) is 10.0 Å². The van der Waals surface area contributed by atoms with E-state index in [0.29, 0.717) is 19.5 Å². The molecule has 0 bridgehead atoms. The molecule has 2 atom stereocenters. The van der Waals surface area contributed by atoms with Crippen LogP contribution in [0.2, 0.25) is 0 Å². The van der Waals surface area contributed by atoms with Crippen molar-refractivity contribution in [3.63, 3.8) is 0 Å². The van der Waals surface area contributed by atoms with Crippen LogP contribution in [-0.4, -0.2) is 54.7 Å². The summed E-state index contributed by atoms with van der Waals surface area (Å²) in [5.41, 5.74) is 3.02. The number of allylic oxidation sites excluding steroid dienone is 1. The van der Waals surface area contributed by atoms with Crippen molar-refractivity contribution in [3.8, 4) is 6.07 Å². The van der Waals surface area contributed by atoms with Gasteiger partial charge in [0.05, 0.1) is 31.0 Å². The van der Waals surface area contributed by atoms with Crippen LogP contribution in [0.3, 0.4) is 0 Å². The summed E-state index contributed by atoms with van der Waals surface area (Å²) in [7, 11) is -1.47. The molecular formula is C18H24N6O2S. The van der Waals surface area contributed by atoms with Crippen LogP contribution < -0.4 is 5.32 Å². The molecule has 0 radical (unpaired) electrons. The van der Waals surface area contributed by atoms with Gasteiger partial charge < -0.3 is 5.32 Å². The molecule has 2 aliphatic heterocycles. The zero-order valence-corrected chi connectivity index (χ0v) is 16.6. The summed E-state index contributed by atoms with van der Waals surface area (Å²) in [6, 6.07) is 2.08. The lowest BCUT2D eigenvalue weighted by molar-refractivity contribution is 0.317. The van der Waals surface area contributed by atoms with Crippen LogP contribution in [0.4, 0.5) is 0 Å². The smallest absolute Gasteiger partial charge is 0.211 e. The van der Waals surface area contributed by atoms with Gasteiger partial charge in [-0.15, -0.1) is 0 Å². The fourth-order valence-corrected chi connectivity index (χ4v) is 4.56. The number of rotatable bonds is 5. The molecule has 0 aromatic carbocycles. The average molecular weight is 388 g/mol. The maximum absolute atomic E-state index is 11.8. The molecule has 3 heterocycles. The number of hydrogen-bond donors (Lipinski definition) is 1. The molecule has 8 nitrogen and oxygen atoms in total. The third-order valence-electron chi connectivity index (χ3n) is 5.23. The van der Waals surface area contributed by atoms with Crippen LogP contribution in [0.1, 0.15) is 31.4 Å². The first-order valence-electron chi connectivity index (χ1n) is 8.83. The number of nitrogens with one attached hydrogen (secondary N) is 1. The Kier molecular flexibility index (Phi) is 5.48. The number of nitriles is 1. The lowest BCUT2D eigenvalue weighted by Crippen LogP contribution is -2.29. The Morgan fingerprint density at radius 1 is 1.56 bits per heavy atom. The SMILES string of the molecule is C/N=C1/NC=C/C1=C(/C)c1cnn(C(CC#N)C2CCN(S(C)(=O)=O)C2)c1. The van der Waals surface area contributed by atoms with Crippen LogP contribution in [0, 0.1) is 17.2 Å². The van der Waals surface area contributed by atoms with E-state index in [0.717, 1.165) is 29.0 Å². The molecule has 2 aliphatic rings. The molecule has 27 heavy (non-hydrogen) atoms. The van der Waals surface area contributed by atoms with Crippen LogP contribution in [0.5, 0.6) is 0 Å². The Hall–Kier alpha value is -2.44. The monoisotopic (exact) mass is 388 g/mol. The maximum Gasteiger partial charge on any atom is 0.211 e. The van der Waals surface area contributed by atoms with E-state index in [-0.39, 0.29) is 12.0 Å². The Bertz CT molecular complexity index is 951. The van der Waals surface area contributed by atoms with E-state index >= 15 is 0 Å². The lowest BCUT2D eigenvalue weighted by Gasteiger charge is -2.22. The summed E-state index contributed by atoms with van der Waals surface area (Å²) in [6.07, 6.45) is 9.80. The predicted molar refractivity (Wildman–Crippen MR) is 104 cm³/mol. The summed E-state index contributed by atoms with van der Waals surface area (Å²) in [5.74, 6) is 0.884. The number of aliphatic imine (C=N–C) groups is 1. The van der Waals surface area contributed by atoms with Crippen molar-refractivity contribution in [2.45, 2.75) is 25.8 Å². The standard InChI is InChI=1S/C18H24N6O2S/c1-13(16-5-8-21-18(16)20-2)15-10-22-24(12-15)17(4-7-19)14-6-9-23(11-14)27(3,25)26/h5,8,10,12,14,17H,4,6,9,11H2,1-3H3,(H,20,21)/b16-13+. The number of aromatic nitrogens is 2. The van der Waals surface area contributed by atoms with Gasteiger partial charge in [-0.3, -0.25) is 9.67 Å². The molecule has 0 aliphatic carbocycles. The molecule has 2 unspecified atom stereocenters. The Labute approximate surface area is 159 Å². The molecule has 0 amide bonds. The molecule has 1 aromatic heterocycles. The van der Waals surface area contributed by atoms with E-state index in [1.807, 2.05) is 30.1 Å². The van der Waals surface area contributed by atoms with E-state index in [9.17, 15) is 13.7 Å². The summed E-state index contributed by atoms with van der Waals surface area (Å²) >= 11 is 0. The van der Waals surface area contributed by atoms with Gasteiger partial charge in [-0.05, 0) is 30.9 Å². The highest BCUT2D eigenvalue weighted by Gasteiger charge is 2.34. The Morgan fingerprint density at radius 2 is 2.33 bits per heavy atom. The zero-order valence-electron chi connectivity index (χ0n) is 15.8.